The van der Waals surface area contributed by atoms with E-state index < -0.39 is 29.1 Å². The first-order valence-corrected chi connectivity index (χ1v) is 10.6. The van der Waals surface area contributed by atoms with Gasteiger partial charge in [0.05, 0.1) is 5.41 Å². The quantitative estimate of drug-likeness (QED) is 0.736. The van der Waals surface area contributed by atoms with E-state index in [0.717, 1.165) is 5.56 Å². The Bertz CT molecular complexity index is 749. The molecule has 1 heterocycles. The highest BCUT2D eigenvalue weighted by atomic mass is 16.6. The molecule has 2 amide bonds. The number of hydrogen-bond acceptors (Lipinski definition) is 4. The van der Waals surface area contributed by atoms with Crippen molar-refractivity contribution in [3.63, 3.8) is 0 Å². The summed E-state index contributed by atoms with van der Waals surface area (Å²) in [4.78, 5) is 39.3. The van der Waals surface area contributed by atoms with Gasteiger partial charge in [0, 0.05) is 13.1 Å². The lowest BCUT2D eigenvalue weighted by Crippen LogP contribution is -2.57. The number of ether oxygens (including phenoxy) is 1. The fraction of sp³-hybridized carbons (Fsp3) is 0.609. The Morgan fingerprint density at radius 2 is 1.73 bits per heavy atom. The van der Waals surface area contributed by atoms with Crippen molar-refractivity contribution in [3.8, 4) is 0 Å². The van der Waals surface area contributed by atoms with Gasteiger partial charge < -0.3 is 20.1 Å². The molecule has 1 aromatic carbocycles. The molecule has 166 valence electrons. The third-order valence-electron chi connectivity index (χ3n) is 5.80. The fourth-order valence-corrected chi connectivity index (χ4v) is 3.76. The lowest BCUT2D eigenvalue weighted by molar-refractivity contribution is -0.144. The van der Waals surface area contributed by atoms with Gasteiger partial charge in [-0.15, -0.1) is 0 Å². The van der Waals surface area contributed by atoms with Crippen molar-refractivity contribution < 1.29 is 24.2 Å². The number of nitrogens with zero attached hydrogens (tertiary/aromatic N) is 1. The van der Waals surface area contributed by atoms with Crippen LogP contribution in [0.5, 0.6) is 0 Å². The van der Waals surface area contributed by atoms with Gasteiger partial charge in [0.15, 0.2) is 0 Å². The van der Waals surface area contributed by atoms with E-state index in [4.69, 9.17) is 4.74 Å². The van der Waals surface area contributed by atoms with Gasteiger partial charge in [-0.25, -0.2) is 9.59 Å². The average Bonchev–Trinajstić information content (AvgIpc) is 2.70. The predicted octanol–water partition coefficient (Wildman–Crippen LogP) is 3.57. The fourth-order valence-electron chi connectivity index (χ4n) is 3.76. The molecular weight excluding hydrogens is 384 g/mol. The SMILES string of the molecule is CC[C@H](C)[C@@H](NC(=O)C1(c2ccccc2)CCN(C(=O)OC(C)(C)C)CC1)C(=O)O. The molecule has 0 bridgehead atoms. The van der Waals surface area contributed by atoms with Crippen molar-refractivity contribution in [1.82, 2.24) is 10.2 Å². The van der Waals surface area contributed by atoms with Crippen LogP contribution in [0.25, 0.3) is 0 Å². The molecule has 0 aromatic heterocycles. The first-order valence-electron chi connectivity index (χ1n) is 10.6. The van der Waals surface area contributed by atoms with Crippen LogP contribution in [0.2, 0.25) is 0 Å². The van der Waals surface area contributed by atoms with Crippen molar-refractivity contribution in [2.24, 2.45) is 5.92 Å². The zero-order valence-corrected chi connectivity index (χ0v) is 18.6. The summed E-state index contributed by atoms with van der Waals surface area (Å²) in [6, 6.07) is 8.45. The number of nitrogens with one attached hydrogen (secondary N) is 1. The number of piperidine rings is 1. The normalized spacial score (nSPS) is 18.2. The highest BCUT2D eigenvalue weighted by Gasteiger charge is 2.45. The van der Waals surface area contributed by atoms with E-state index in [1.807, 2.05) is 65.0 Å². The zero-order chi connectivity index (χ0) is 22.5. The molecule has 0 saturated carbocycles. The molecule has 30 heavy (non-hydrogen) atoms. The summed E-state index contributed by atoms with van der Waals surface area (Å²) in [6.45, 7) is 9.89. The van der Waals surface area contributed by atoms with Crippen molar-refractivity contribution in [2.45, 2.75) is 70.9 Å². The third-order valence-corrected chi connectivity index (χ3v) is 5.80. The minimum atomic E-state index is -1.04. The van der Waals surface area contributed by atoms with E-state index in [0.29, 0.717) is 32.4 Å². The number of hydrogen-bond donors (Lipinski definition) is 2. The van der Waals surface area contributed by atoms with Crippen LogP contribution in [0, 0.1) is 5.92 Å². The third kappa shape index (κ3) is 5.52. The van der Waals surface area contributed by atoms with Gasteiger partial charge in [-0.05, 0) is 45.1 Å². The molecule has 2 rings (SSSR count). The average molecular weight is 419 g/mol. The Kier molecular flexibility index (Phi) is 7.50. The number of benzene rings is 1. The number of rotatable bonds is 6. The Hall–Kier alpha value is -2.57. The molecular formula is C23H34N2O5. The number of likely N-dealkylation sites (tertiary alicyclic amines) is 1. The molecule has 1 saturated heterocycles. The molecule has 0 unspecified atom stereocenters. The summed E-state index contributed by atoms with van der Waals surface area (Å²) in [7, 11) is 0. The van der Waals surface area contributed by atoms with Crippen LogP contribution in [0.1, 0.15) is 59.4 Å². The number of aliphatic carboxylic acids is 1. The number of carboxylic acids is 1. The van der Waals surface area contributed by atoms with Crippen LogP contribution in [0.15, 0.2) is 30.3 Å². The number of carbonyl (C=O) groups is 3. The molecule has 0 radical (unpaired) electrons. The van der Waals surface area contributed by atoms with E-state index in [1.54, 1.807) is 4.90 Å². The Labute approximate surface area is 178 Å². The van der Waals surface area contributed by atoms with Crippen molar-refractivity contribution >= 4 is 18.0 Å². The highest BCUT2D eigenvalue weighted by molar-refractivity contribution is 5.92. The molecule has 7 nitrogen and oxygen atoms in total. The largest absolute Gasteiger partial charge is 0.480 e. The topological polar surface area (TPSA) is 95.9 Å². The van der Waals surface area contributed by atoms with Gasteiger partial charge in [-0.2, -0.15) is 0 Å². The molecule has 2 atom stereocenters. The summed E-state index contributed by atoms with van der Waals surface area (Å²) >= 11 is 0. The monoisotopic (exact) mass is 418 g/mol. The van der Waals surface area contributed by atoms with Crippen LogP contribution in [0.4, 0.5) is 4.79 Å². The van der Waals surface area contributed by atoms with Crippen LogP contribution in [-0.2, 0) is 19.7 Å². The number of amides is 2. The molecule has 1 fully saturated rings. The summed E-state index contributed by atoms with van der Waals surface area (Å²) in [5.41, 5.74) is -0.645. The van der Waals surface area contributed by atoms with E-state index in [9.17, 15) is 19.5 Å². The Morgan fingerprint density at radius 3 is 2.20 bits per heavy atom. The predicted molar refractivity (Wildman–Crippen MR) is 114 cm³/mol. The summed E-state index contributed by atoms with van der Waals surface area (Å²) in [5.74, 6) is -1.53. The maximum absolute atomic E-state index is 13.5. The molecule has 1 aliphatic heterocycles. The minimum Gasteiger partial charge on any atom is -0.480 e. The molecule has 0 aliphatic carbocycles. The second-order valence-electron chi connectivity index (χ2n) is 9.09. The van der Waals surface area contributed by atoms with E-state index in [1.165, 1.54) is 0 Å². The highest BCUT2D eigenvalue weighted by Crippen LogP contribution is 2.36. The van der Waals surface area contributed by atoms with Crippen LogP contribution in [0.3, 0.4) is 0 Å². The summed E-state index contributed by atoms with van der Waals surface area (Å²) in [6.07, 6.45) is 1.04. The number of carboxylic acid groups (broad SMARTS) is 1. The van der Waals surface area contributed by atoms with Gasteiger partial charge in [0.25, 0.3) is 0 Å². The lowest BCUT2D eigenvalue weighted by Gasteiger charge is -2.42. The van der Waals surface area contributed by atoms with Gasteiger partial charge in [0.2, 0.25) is 5.91 Å². The van der Waals surface area contributed by atoms with Crippen molar-refractivity contribution in [2.75, 3.05) is 13.1 Å². The van der Waals surface area contributed by atoms with Crippen molar-refractivity contribution in [1.29, 1.82) is 0 Å². The second-order valence-corrected chi connectivity index (χ2v) is 9.09. The molecule has 1 aliphatic rings. The van der Waals surface area contributed by atoms with E-state index in [-0.39, 0.29) is 11.8 Å². The second kappa shape index (κ2) is 9.49. The summed E-state index contributed by atoms with van der Waals surface area (Å²) < 4.78 is 5.46. The first-order chi connectivity index (χ1) is 14.0. The Morgan fingerprint density at radius 1 is 1.17 bits per heavy atom. The Balaban J connectivity index is 2.26. The molecule has 7 heteroatoms. The van der Waals surface area contributed by atoms with Gasteiger partial charge in [-0.3, -0.25) is 4.79 Å². The van der Waals surface area contributed by atoms with Crippen LogP contribution in [-0.4, -0.2) is 52.7 Å². The van der Waals surface area contributed by atoms with Gasteiger partial charge in [0.1, 0.15) is 11.6 Å². The smallest absolute Gasteiger partial charge is 0.410 e. The van der Waals surface area contributed by atoms with Gasteiger partial charge >= 0.3 is 12.1 Å². The molecule has 2 N–H and O–H groups in total. The maximum atomic E-state index is 13.5. The molecule has 1 aromatic rings. The van der Waals surface area contributed by atoms with Crippen LogP contribution < -0.4 is 5.32 Å². The van der Waals surface area contributed by atoms with Crippen molar-refractivity contribution in [3.05, 3.63) is 35.9 Å². The van der Waals surface area contributed by atoms with Gasteiger partial charge in [-0.1, -0.05) is 50.6 Å². The van der Waals surface area contributed by atoms with E-state index >= 15 is 0 Å². The zero-order valence-electron chi connectivity index (χ0n) is 18.6. The maximum Gasteiger partial charge on any atom is 0.410 e. The number of carbonyl (C=O) groups excluding carboxylic acids is 2. The minimum absolute atomic E-state index is 0.193. The standard InChI is InChI=1S/C23H34N2O5/c1-6-16(2)18(19(26)27)24-20(28)23(17-10-8-7-9-11-17)12-14-25(15-13-23)21(29)30-22(3,4)5/h7-11,16,18H,6,12-15H2,1-5H3,(H,24,28)(H,26,27)/t16-,18+/m0/s1. The van der Waals surface area contributed by atoms with Crippen LogP contribution >= 0.6 is 0 Å². The first kappa shape index (κ1) is 23.7. The summed E-state index contributed by atoms with van der Waals surface area (Å²) in [5, 5.41) is 12.4. The molecule has 0 spiro atoms. The lowest BCUT2D eigenvalue weighted by atomic mass is 9.71. The van der Waals surface area contributed by atoms with E-state index in [2.05, 4.69) is 5.32 Å².